The molecule has 0 amide bonds. The molecule has 0 spiro atoms. The molecule has 0 saturated carbocycles. The normalized spacial score (nSPS) is 18.2. The number of nitrogens with zero attached hydrogens (tertiary/aromatic N) is 2. The van der Waals surface area contributed by atoms with E-state index in [-0.39, 0.29) is 23.7 Å². The lowest BCUT2D eigenvalue weighted by atomic mass is 10.2. The molecule has 7 nitrogen and oxygen atoms in total. The van der Waals surface area contributed by atoms with Crippen LogP contribution in [0.4, 0.5) is 4.39 Å². The molecule has 0 bridgehead atoms. The van der Waals surface area contributed by atoms with Crippen molar-refractivity contribution in [3.8, 4) is 0 Å². The minimum atomic E-state index is -3.87. The zero-order valence-corrected chi connectivity index (χ0v) is 15.8. The van der Waals surface area contributed by atoms with Crippen molar-refractivity contribution in [1.29, 1.82) is 0 Å². The highest BCUT2D eigenvalue weighted by Crippen LogP contribution is 2.26. The summed E-state index contributed by atoms with van der Waals surface area (Å²) in [7, 11) is -3.87. The molecule has 1 atom stereocenters. The minimum absolute atomic E-state index is 0.0277. The second kappa shape index (κ2) is 8.49. The largest absolute Gasteiger partial charge is 0.383 e. The summed E-state index contributed by atoms with van der Waals surface area (Å²) in [6.45, 7) is 0.249. The Hall–Kier alpha value is -2.78. The molecule has 1 fully saturated rings. The third-order valence-electron chi connectivity index (χ3n) is 4.41. The predicted octanol–water partition coefficient (Wildman–Crippen LogP) is 2.04. The number of carbonyl (C=O) groups excluding carboxylic acids is 1. The van der Waals surface area contributed by atoms with Crippen LogP contribution in [0.5, 0.6) is 0 Å². The third-order valence-corrected chi connectivity index (χ3v) is 6.33. The lowest BCUT2D eigenvalue weighted by molar-refractivity contribution is -0.142. The molecule has 0 unspecified atom stereocenters. The van der Waals surface area contributed by atoms with Gasteiger partial charge in [0.15, 0.2) is 5.84 Å². The van der Waals surface area contributed by atoms with Crippen molar-refractivity contribution in [3.63, 3.8) is 0 Å². The van der Waals surface area contributed by atoms with Gasteiger partial charge in [-0.2, -0.15) is 4.31 Å². The Morgan fingerprint density at radius 2 is 1.86 bits per heavy atom. The maximum Gasteiger partial charge on any atom is 0.339 e. The highest BCUT2D eigenvalue weighted by molar-refractivity contribution is 7.89. The van der Waals surface area contributed by atoms with E-state index >= 15 is 0 Å². The molecule has 0 aromatic heterocycles. The van der Waals surface area contributed by atoms with E-state index in [4.69, 9.17) is 10.6 Å². The van der Waals surface area contributed by atoms with Gasteiger partial charge in [-0.1, -0.05) is 35.5 Å². The van der Waals surface area contributed by atoms with Crippen molar-refractivity contribution < 1.29 is 22.4 Å². The Kier molecular flexibility index (Phi) is 6.05. The summed E-state index contributed by atoms with van der Waals surface area (Å²) in [5.74, 6) is -1.21. The Morgan fingerprint density at radius 1 is 1.18 bits per heavy atom. The number of sulfonamides is 1. The molecule has 28 heavy (non-hydrogen) atoms. The number of halogens is 1. The number of rotatable bonds is 6. The van der Waals surface area contributed by atoms with Gasteiger partial charge in [-0.3, -0.25) is 0 Å². The van der Waals surface area contributed by atoms with E-state index in [0.29, 0.717) is 12.8 Å². The second-order valence-electron chi connectivity index (χ2n) is 6.37. The van der Waals surface area contributed by atoms with Crippen molar-refractivity contribution in [2.45, 2.75) is 30.2 Å². The number of hydrogen-bond acceptors (Lipinski definition) is 5. The summed E-state index contributed by atoms with van der Waals surface area (Å²) in [5, 5.41) is 3.65. The molecule has 3 rings (SSSR count). The predicted molar refractivity (Wildman–Crippen MR) is 101 cm³/mol. The Balaban J connectivity index is 1.70. The molecule has 0 aliphatic carbocycles. The summed E-state index contributed by atoms with van der Waals surface area (Å²) in [6.07, 6.45) is 1.06. The molecule has 2 aromatic rings. The zero-order chi connectivity index (χ0) is 20.1. The van der Waals surface area contributed by atoms with Crippen molar-refractivity contribution >= 4 is 21.8 Å². The average molecular weight is 405 g/mol. The van der Waals surface area contributed by atoms with Crippen LogP contribution in [0.1, 0.15) is 18.4 Å². The Labute approximate surface area is 162 Å². The smallest absolute Gasteiger partial charge is 0.339 e. The molecule has 1 heterocycles. The molecule has 1 saturated heterocycles. The van der Waals surface area contributed by atoms with E-state index in [1.807, 2.05) is 6.07 Å². The Morgan fingerprint density at radius 3 is 2.54 bits per heavy atom. The second-order valence-corrected chi connectivity index (χ2v) is 8.26. The van der Waals surface area contributed by atoms with Gasteiger partial charge in [0, 0.05) is 6.54 Å². The molecule has 1 aliphatic heterocycles. The van der Waals surface area contributed by atoms with Gasteiger partial charge in [0.25, 0.3) is 0 Å². The zero-order valence-electron chi connectivity index (χ0n) is 15.0. The number of amidine groups is 1. The van der Waals surface area contributed by atoms with Crippen LogP contribution in [0.3, 0.4) is 0 Å². The van der Waals surface area contributed by atoms with Gasteiger partial charge < -0.3 is 10.6 Å². The van der Waals surface area contributed by atoms with Gasteiger partial charge in [-0.25, -0.2) is 17.6 Å². The number of carbonyl (C=O) groups is 1. The quantitative estimate of drug-likeness (QED) is 0.343. The summed E-state index contributed by atoms with van der Waals surface area (Å²) < 4.78 is 39.9. The van der Waals surface area contributed by atoms with Crippen LogP contribution in [0.2, 0.25) is 0 Å². The van der Waals surface area contributed by atoms with Crippen molar-refractivity contribution in [1.82, 2.24) is 4.31 Å². The van der Waals surface area contributed by atoms with Gasteiger partial charge in [0.1, 0.15) is 5.82 Å². The van der Waals surface area contributed by atoms with Crippen LogP contribution >= 0.6 is 0 Å². The molecule has 9 heteroatoms. The molecule has 0 radical (unpaired) electrons. The van der Waals surface area contributed by atoms with E-state index in [1.165, 1.54) is 16.4 Å². The third kappa shape index (κ3) is 4.55. The van der Waals surface area contributed by atoms with Crippen molar-refractivity contribution in [2.24, 2.45) is 10.9 Å². The lowest BCUT2D eigenvalue weighted by Crippen LogP contribution is -2.44. The van der Waals surface area contributed by atoms with Crippen molar-refractivity contribution in [3.05, 3.63) is 66.0 Å². The fourth-order valence-electron chi connectivity index (χ4n) is 3.02. The van der Waals surface area contributed by atoms with Gasteiger partial charge >= 0.3 is 5.97 Å². The van der Waals surface area contributed by atoms with Crippen LogP contribution in [-0.2, 0) is 26.1 Å². The maximum absolute atomic E-state index is 13.1. The molecular formula is C19H20FN3O4S. The van der Waals surface area contributed by atoms with Crippen LogP contribution in [0.25, 0.3) is 0 Å². The van der Waals surface area contributed by atoms with Gasteiger partial charge in [-0.15, -0.1) is 0 Å². The first-order chi connectivity index (χ1) is 13.4. The molecular weight excluding hydrogens is 385 g/mol. The highest BCUT2D eigenvalue weighted by atomic mass is 32.2. The molecule has 148 valence electrons. The topological polar surface area (TPSA) is 102 Å². The van der Waals surface area contributed by atoms with E-state index in [1.54, 1.807) is 24.3 Å². The van der Waals surface area contributed by atoms with E-state index < -0.39 is 27.9 Å². The van der Waals surface area contributed by atoms with Crippen molar-refractivity contribution in [2.75, 3.05) is 6.54 Å². The molecule has 1 aliphatic rings. The van der Waals surface area contributed by atoms with Gasteiger partial charge in [-0.05, 0) is 42.7 Å². The van der Waals surface area contributed by atoms with E-state index in [9.17, 15) is 17.6 Å². The standard InChI is InChI=1S/C19H20FN3O4S/c20-15-8-10-16(11-9-15)28(25,26)23-12-4-7-17(23)19(21)22-27-18(24)13-14-5-2-1-3-6-14/h1-3,5-6,8-11,17H,4,7,12-13H2,(H2,21,22)/t17-/m0/s1. The first-order valence-corrected chi connectivity index (χ1v) is 10.2. The van der Waals surface area contributed by atoms with Crippen LogP contribution in [0.15, 0.2) is 64.6 Å². The number of hydrogen-bond donors (Lipinski definition) is 1. The summed E-state index contributed by atoms with van der Waals surface area (Å²) in [4.78, 5) is 16.7. The van der Waals surface area contributed by atoms with Crippen LogP contribution < -0.4 is 5.73 Å². The number of benzene rings is 2. The number of oxime groups is 1. The number of nitrogens with two attached hydrogens (primary N) is 1. The van der Waals surface area contributed by atoms with E-state index in [0.717, 1.165) is 17.7 Å². The summed E-state index contributed by atoms with van der Waals surface area (Å²) >= 11 is 0. The van der Waals surface area contributed by atoms with Gasteiger partial charge in [0.2, 0.25) is 10.0 Å². The average Bonchev–Trinajstić information content (AvgIpc) is 3.18. The molecule has 2 N–H and O–H groups in total. The minimum Gasteiger partial charge on any atom is -0.383 e. The SMILES string of the molecule is N/C(=N\OC(=O)Cc1ccccc1)[C@@H]1CCCN1S(=O)(=O)c1ccc(F)cc1. The van der Waals surface area contributed by atoms with Crippen LogP contribution in [0, 0.1) is 5.82 Å². The van der Waals surface area contributed by atoms with Gasteiger partial charge in [0.05, 0.1) is 17.4 Å². The first kappa shape index (κ1) is 20.0. The summed E-state index contributed by atoms with van der Waals surface area (Å²) in [5.41, 5.74) is 6.68. The highest BCUT2D eigenvalue weighted by Gasteiger charge is 2.37. The first-order valence-electron chi connectivity index (χ1n) is 8.72. The molecule has 2 aromatic carbocycles. The van der Waals surface area contributed by atoms with E-state index in [2.05, 4.69) is 5.16 Å². The van der Waals surface area contributed by atoms with Crippen LogP contribution in [-0.4, -0.2) is 37.1 Å². The fourth-order valence-corrected chi connectivity index (χ4v) is 4.69. The lowest BCUT2D eigenvalue weighted by Gasteiger charge is -2.23. The maximum atomic E-state index is 13.1. The fraction of sp³-hybridized carbons (Fsp3) is 0.263. The monoisotopic (exact) mass is 405 g/mol. The summed E-state index contributed by atoms with van der Waals surface area (Å²) in [6, 6.07) is 12.8. The Bertz CT molecular complexity index is 962.